The number of rotatable bonds is 11. The minimum Gasteiger partial charge on any atom is -0.494 e. The highest BCUT2D eigenvalue weighted by molar-refractivity contribution is 6.35. The zero-order valence-electron chi connectivity index (χ0n) is 18.6. The van der Waals surface area contributed by atoms with Crippen molar-refractivity contribution < 1.29 is 28.5 Å². The number of ether oxygens (including phenoxy) is 4. The second kappa shape index (κ2) is 11.9. The largest absolute Gasteiger partial charge is 0.494 e. The van der Waals surface area contributed by atoms with Gasteiger partial charge in [-0.25, -0.2) is 0 Å². The summed E-state index contributed by atoms with van der Waals surface area (Å²) in [6.07, 6.45) is 0. The lowest BCUT2D eigenvalue weighted by Gasteiger charge is -2.15. The molecule has 0 aromatic heterocycles. The molecule has 0 heterocycles. The Labute approximate surface area is 191 Å². The van der Waals surface area contributed by atoms with Gasteiger partial charge in [-0.1, -0.05) is 11.6 Å². The van der Waals surface area contributed by atoms with E-state index in [1.807, 2.05) is 13.8 Å². The van der Waals surface area contributed by atoms with Crippen LogP contribution in [-0.4, -0.2) is 45.2 Å². The van der Waals surface area contributed by atoms with E-state index in [4.69, 9.17) is 30.5 Å². The van der Waals surface area contributed by atoms with E-state index in [1.54, 1.807) is 24.3 Å². The van der Waals surface area contributed by atoms with Gasteiger partial charge in [-0.2, -0.15) is 10.2 Å². The van der Waals surface area contributed by atoms with Crippen LogP contribution in [0.4, 0.5) is 11.4 Å². The van der Waals surface area contributed by atoms with Crippen molar-refractivity contribution in [2.24, 2.45) is 10.2 Å². The lowest BCUT2D eigenvalue weighted by molar-refractivity contribution is -0.126. The average Bonchev–Trinajstić information content (AvgIpc) is 2.76. The molecule has 0 bridgehead atoms. The fraction of sp³-hybridized carbons (Fsp3) is 0.364. The molecule has 10 heteroatoms. The molecule has 0 saturated heterocycles. The Bertz CT molecular complexity index is 996. The van der Waals surface area contributed by atoms with E-state index in [0.717, 1.165) is 0 Å². The summed E-state index contributed by atoms with van der Waals surface area (Å²) in [6.45, 7) is 5.84. The van der Waals surface area contributed by atoms with Crippen molar-refractivity contribution in [1.29, 1.82) is 0 Å². The van der Waals surface area contributed by atoms with Gasteiger partial charge in [0, 0.05) is 6.07 Å². The minimum absolute atomic E-state index is 0.129. The molecule has 1 amide bonds. The summed E-state index contributed by atoms with van der Waals surface area (Å²) in [5.41, 5.74) is 0.602. The van der Waals surface area contributed by atoms with Crippen LogP contribution in [0.1, 0.15) is 20.8 Å². The number of anilines is 1. The molecular weight excluding hydrogens is 438 g/mol. The topological polar surface area (TPSA) is 108 Å². The van der Waals surface area contributed by atoms with Gasteiger partial charge in [0.1, 0.15) is 22.2 Å². The van der Waals surface area contributed by atoms with Crippen molar-refractivity contribution in [2.45, 2.75) is 26.8 Å². The number of carbonyl (C=O) groups excluding carboxylic acids is 2. The Kier molecular flexibility index (Phi) is 9.27. The molecule has 0 aliphatic rings. The molecule has 1 atom stereocenters. The van der Waals surface area contributed by atoms with Crippen LogP contribution < -0.4 is 24.3 Å². The Morgan fingerprint density at radius 3 is 2.34 bits per heavy atom. The van der Waals surface area contributed by atoms with Crippen molar-refractivity contribution in [2.75, 3.05) is 32.8 Å². The second-order valence-corrected chi connectivity index (χ2v) is 6.75. The predicted octanol–water partition coefficient (Wildman–Crippen LogP) is 4.83. The summed E-state index contributed by atoms with van der Waals surface area (Å²) < 4.78 is 21.4. The smallest absolute Gasteiger partial charge is 0.258 e. The normalized spacial score (nSPS) is 11.7. The van der Waals surface area contributed by atoms with Crippen molar-refractivity contribution >= 4 is 34.7 Å². The molecule has 0 spiro atoms. The summed E-state index contributed by atoms with van der Waals surface area (Å²) in [7, 11) is 2.89. The van der Waals surface area contributed by atoms with Crippen molar-refractivity contribution in [3.8, 4) is 23.0 Å². The number of hydrogen-bond acceptors (Lipinski definition) is 8. The lowest BCUT2D eigenvalue weighted by atomic mass is 10.2. The molecule has 172 valence electrons. The van der Waals surface area contributed by atoms with Gasteiger partial charge in [0.25, 0.3) is 5.91 Å². The molecule has 2 aromatic carbocycles. The molecule has 2 aromatic rings. The first-order chi connectivity index (χ1) is 15.4. The van der Waals surface area contributed by atoms with E-state index in [1.165, 1.54) is 27.2 Å². The van der Waals surface area contributed by atoms with E-state index in [0.29, 0.717) is 36.1 Å². The first-order valence-corrected chi connectivity index (χ1v) is 10.3. The summed E-state index contributed by atoms with van der Waals surface area (Å²) in [6, 6.07) is 6.74. The molecule has 32 heavy (non-hydrogen) atoms. The number of hydrogen-bond donors (Lipinski definition) is 1. The summed E-state index contributed by atoms with van der Waals surface area (Å²) >= 11 is 6.30. The number of amides is 1. The molecule has 0 aliphatic heterocycles. The van der Waals surface area contributed by atoms with E-state index in [-0.39, 0.29) is 16.5 Å². The Morgan fingerprint density at radius 1 is 1.03 bits per heavy atom. The third-order valence-corrected chi connectivity index (χ3v) is 4.57. The van der Waals surface area contributed by atoms with Crippen LogP contribution in [0.2, 0.25) is 5.02 Å². The highest BCUT2D eigenvalue weighted by atomic mass is 35.5. The fourth-order valence-corrected chi connectivity index (χ4v) is 3.01. The molecule has 1 N–H and O–H groups in total. The molecule has 0 saturated carbocycles. The van der Waals surface area contributed by atoms with Crippen molar-refractivity contribution in [1.82, 2.24) is 0 Å². The number of nitrogens with zero attached hydrogens (tertiary/aromatic N) is 2. The van der Waals surface area contributed by atoms with Gasteiger partial charge >= 0.3 is 0 Å². The Balaban J connectivity index is 2.29. The van der Waals surface area contributed by atoms with Crippen LogP contribution in [0, 0.1) is 0 Å². The third-order valence-electron chi connectivity index (χ3n) is 4.20. The molecule has 1 unspecified atom stereocenters. The number of nitrogens with one attached hydrogen (secondary N) is 1. The summed E-state index contributed by atoms with van der Waals surface area (Å²) in [5, 5.41) is 10.8. The van der Waals surface area contributed by atoms with Gasteiger partial charge in [0.15, 0.2) is 17.3 Å². The Hall–Kier alpha value is -3.33. The van der Waals surface area contributed by atoms with Gasteiger partial charge in [0.2, 0.25) is 6.04 Å². The number of carbonyl (C=O) groups is 2. The monoisotopic (exact) mass is 463 g/mol. The van der Waals surface area contributed by atoms with E-state index >= 15 is 0 Å². The van der Waals surface area contributed by atoms with E-state index in [9.17, 15) is 9.59 Å². The van der Waals surface area contributed by atoms with Crippen LogP contribution >= 0.6 is 11.6 Å². The zero-order chi connectivity index (χ0) is 23.7. The maximum atomic E-state index is 12.8. The highest BCUT2D eigenvalue weighted by Crippen LogP contribution is 2.40. The summed E-state index contributed by atoms with van der Waals surface area (Å²) in [5.74, 6) is 0.499. The van der Waals surface area contributed by atoms with E-state index in [2.05, 4.69) is 15.5 Å². The first-order valence-electron chi connectivity index (χ1n) is 9.88. The van der Waals surface area contributed by atoms with Gasteiger partial charge in [-0.05, 0) is 45.0 Å². The van der Waals surface area contributed by atoms with Crippen LogP contribution in [0.5, 0.6) is 23.0 Å². The number of halogens is 1. The number of azo groups is 1. The highest BCUT2D eigenvalue weighted by Gasteiger charge is 2.25. The molecular formula is C22H26ClN3O6. The Morgan fingerprint density at radius 2 is 1.75 bits per heavy atom. The van der Waals surface area contributed by atoms with Crippen molar-refractivity contribution in [3.63, 3.8) is 0 Å². The van der Waals surface area contributed by atoms with Gasteiger partial charge in [0.05, 0.1) is 33.1 Å². The van der Waals surface area contributed by atoms with Gasteiger partial charge in [-0.3, -0.25) is 9.59 Å². The van der Waals surface area contributed by atoms with Crippen LogP contribution in [0.3, 0.4) is 0 Å². The van der Waals surface area contributed by atoms with Gasteiger partial charge < -0.3 is 24.3 Å². The quantitative estimate of drug-likeness (QED) is 0.377. The van der Waals surface area contributed by atoms with Gasteiger partial charge in [-0.15, -0.1) is 0 Å². The summed E-state index contributed by atoms with van der Waals surface area (Å²) in [4.78, 5) is 24.9. The van der Waals surface area contributed by atoms with E-state index < -0.39 is 17.7 Å². The lowest BCUT2D eigenvalue weighted by Crippen LogP contribution is -2.32. The number of methoxy groups -OCH3 is 2. The number of Topliss-reactive ketones (excluding diaryl/α,β-unsaturated/α-hetero) is 1. The molecule has 2 rings (SSSR count). The number of benzene rings is 2. The van der Waals surface area contributed by atoms with Crippen molar-refractivity contribution in [3.05, 3.63) is 35.4 Å². The third kappa shape index (κ3) is 6.10. The first kappa shape index (κ1) is 24.9. The molecule has 0 aliphatic carbocycles. The predicted molar refractivity (Wildman–Crippen MR) is 121 cm³/mol. The average molecular weight is 464 g/mol. The molecule has 9 nitrogen and oxygen atoms in total. The van der Waals surface area contributed by atoms with Crippen LogP contribution in [0.25, 0.3) is 0 Å². The maximum absolute atomic E-state index is 12.8. The standard InChI is InChI=1S/C22H26ClN3O6/c1-6-31-14-8-9-15(18(12-14)32-7-2)25-26-20(13(3)27)22(28)24-16-10-11-17(29-4)21(30-5)19(16)23/h8-12,20H,6-7H2,1-5H3,(H,24,28). The number of ketones is 1. The van der Waals surface area contributed by atoms with Crippen LogP contribution in [0.15, 0.2) is 40.6 Å². The minimum atomic E-state index is -1.39. The zero-order valence-corrected chi connectivity index (χ0v) is 19.4. The SMILES string of the molecule is CCOc1ccc(N=NC(C(C)=O)C(=O)Nc2ccc(OC)c(OC)c2Cl)c(OCC)c1. The maximum Gasteiger partial charge on any atom is 0.258 e. The second-order valence-electron chi connectivity index (χ2n) is 6.38. The molecule has 0 radical (unpaired) electrons. The fourth-order valence-electron chi connectivity index (χ4n) is 2.73. The molecule has 0 fully saturated rings. The van der Waals surface area contributed by atoms with Crippen LogP contribution in [-0.2, 0) is 9.59 Å².